The molecule has 0 spiro atoms. The Morgan fingerprint density at radius 1 is 1.00 bits per heavy atom. The molecular weight excluding hydrogens is 364 g/mol. The Morgan fingerprint density at radius 3 is 2.55 bits per heavy atom. The Hall–Kier alpha value is -3.15. The van der Waals surface area contributed by atoms with Crippen LogP contribution in [0.3, 0.4) is 0 Å². The Kier molecular flexibility index (Phi) is 5.89. The van der Waals surface area contributed by atoms with E-state index in [0.29, 0.717) is 17.8 Å². The van der Waals surface area contributed by atoms with Crippen LogP contribution in [0, 0.1) is 0 Å². The summed E-state index contributed by atoms with van der Waals surface area (Å²) in [6.07, 6.45) is 7.82. The van der Waals surface area contributed by atoms with E-state index in [-0.39, 0.29) is 23.7 Å². The zero-order chi connectivity index (χ0) is 20.1. The average molecular weight is 390 g/mol. The molecule has 0 saturated heterocycles. The van der Waals surface area contributed by atoms with E-state index >= 15 is 0 Å². The number of aromatic nitrogens is 2. The van der Waals surface area contributed by atoms with Crippen LogP contribution in [0.5, 0.6) is 0 Å². The Bertz CT molecular complexity index is 991. The van der Waals surface area contributed by atoms with E-state index in [1.54, 1.807) is 10.6 Å². The maximum Gasteiger partial charge on any atom is 0.287 e. The number of pyridine rings is 1. The Balaban J connectivity index is 1.43. The van der Waals surface area contributed by atoms with Crippen molar-refractivity contribution in [2.24, 2.45) is 0 Å². The molecule has 0 aliphatic heterocycles. The van der Waals surface area contributed by atoms with Gasteiger partial charge in [0.2, 0.25) is 5.82 Å². The third-order valence-electron chi connectivity index (χ3n) is 5.43. The summed E-state index contributed by atoms with van der Waals surface area (Å²) in [7, 11) is 0. The van der Waals surface area contributed by atoms with Crippen molar-refractivity contribution in [1.82, 2.24) is 20.0 Å². The van der Waals surface area contributed by atoms with Crippen LogP contribution in [-0.2, 0) is 6.42 Å². The van der Waals surface area contributed by atoms with Crippen LogP contribution in [-0.4, -0.2) is 33.8 Å². The molecule has 150 valence electrons. The summed E-state index contributed by atoms with van der Waals surface area (Å²) in [5.41, 5.74) is 2.19. The van der Waals surface area contributed by atoms with Gasteiger partial charge in [-0.05, 0) is 43.4 Å². The van der Waals surface area contributed by atoms with Crippen LogP contribution in [0.4, 0.5) is 0 Å². The molecule has 6 nitrogen and oxygen atoms in total. The highest BCUT2D eigenvalue weighted by molar-refractivity contribution is 6.02. The number of aryl methyl sites for hydroxylation is 1. The first-order valence-electron chi connectivity index (χ1n) is 10.3. The van der Waals surface area contributed by atoms with Crippen LogP contribution >= 0.6 is 0 Å². The third kappa shape index (κ3) is 4.47. The standard InChI is InChI=1S/C23H26N4O2/c28-22(24-15-8-11-17-9-2-1-3-10-17)20-19-14-6-7-16-27(19)21(26-20)23(29)25-18-12-4-5-13-18/h1-3,6-7,9-10,14,16,18H,4-5,8,11-13,15H2,(H,24,28)(H,25,29). The van der Waals surface area contributed by atoms with E-state index in [1.165, 1.54) is 5.56 Å². The molecular formula is C23H26N4O2. The van der Waals surface area contributed by atoms with Gasteiger partial charge in [0.15, 0.2) is 5.69 Å². The second kappa shape index (κ2) is 8.90. The summed E-state index contributed by atoms with van der Waals surface area (Å²) < 4.78 is 1.70. The molecule has 2 amide bonds. The lowest BCUT2D eigenvalue weighted by Crippen LogP contribution is -2.34. The molecule has 0 radical (unpaired) electrons. The van der Waals surface area contributed by atoms with Gasteiger partial charge in [-0.2, -0.15) is 0 Å². The number of imidazole rings is 1. The van der Waals surface area contributed by atoms with E-state index in [9.17, 15) is 9.59 Å². The Morgan fingerprint density at radius 2 is 1.76 bits per heavy atom. The average Bonchev–Trinajstić information content (AvgIpc) is 3.39. The molecule has 1 aliphatic rings. The molecule has 6 heteroatoms. The maximum absolute atomic E-state index is 12.7. The minimum atomic E-state index is -0.248. The van der Waals surface area contributed by atoms with E-state index in [4.69, 9.17) is 0 Å². The van der Waals surface area contributed by atoms with Crippen molar-refractivity contribution in [3.05, 3.63) is 71.8 Å². The first kappa shape index (κ1) is 19.2. The lowest BCUT2D eigenvalue weighted by atomic mass is 10.1. The molecule has 0 unspecified atom stereocenters. The number of benzene rings is 1. The lowest BCUT2D eigenvalue weighted by molar-refractivity contribution is 0.0926. The molecule has 2 heterocycles. The Labute approximate surface area is 170 Å². The summed E-state index contributed by atoms with van der Waals surface area (Å²) in [6.45, 7) is 0.559. The van der Waals surface area contributed by atoms with Crippen LogP contribution in [0.15, 0.2) is 54.7 Å². The molecule has 2 N–H and O–H groups in total. The first-order valence-corrected chi connectivity index (χ1v) is 10.3. The van der Waals surface area contributed by atoms with Crippen molar-refractivity contribution in [1.29, 1.82) is 0 Å². The number of carbonyl (C=O) groups excluding carboxylic acids is 2. The van der Waals surface area contributed by atoms with E-state index in [0.717, 1.165) is 38.5 Å². The van der Waals surface area contributed by atoms with Gasteiger partial charge < -0.3 is 10.6 Å². The summed E-state index contributed by atoms with van der Waals surface area (Å²) in [6, 6.07) is 15.9. The molecule has 1 aliphatic carbocycles. The topological polar surface area (TPSA) is 75.5 Å². The monoisotopic (exact) mass is 390 g/mol. The predicted octanol–water partition coefficient (Wildman–Crippen LogP) is 3.37. The second-order valence-corrected chi connectivity index (χ2v) is 7.54. The quantitative estimate of drug-likeness (QED) is 0.608. The van der Waals surface area contributed by atoms with Gasteiger partial charge in [0.05, 0.1) is 5.52 Å². The van der Waals surface area contributed by atoms with E-state index in [1.807, 2.05) is 36.4 Å². The van der Waals surface area contributed by atoms with Crippen LogP contribution in [0.25, 0.3) is 5.52 Å². The van der Waals surface area contributed by atoms with Gasteiger partial charge in [-0.25, -0.2) is 4.98 Å². The maximum atomic E-state index is 12.7. The van der Waals surface area contributed by atoms with Crippen molar-refractivity contribution < 1.29 is 9.59 Å². The van der Waals surface area contributed by atoms with E-state index in [2.05, 4.69) is 27.8 Å². The van der Waals surface area contributed by atoms with Crippen LogP contribution in [0.1, 0.15) is 58.8 Å². The highest BCUT2D eigenvalue weighted by atomic mass is 16.2. The molecule has 3 aromatic rings. The summed E-state index contributed by atoms with van der Waals surface area (Å²) in [5.74, 6) is -0.204. The van der Waals surface area contributed by atoms with Crippen molar-refractivity contribution >= 4 is 17.3 Å². The SMILES string of the molecule is O=C(NCCCc1ccccc1)c1nc(C(=O)NC2CCCC2)n2ccccc12. The van der Waals surface area contributed by atoms with Crippen molar-refractivity contribution in [2.45, 2.75) is 44.6 Å². The zero-order valence-corrected chi connectivity index (χ0v) is 16.4. The molecule has 1 fully saturated rings. The van der Waals surface area contributed by atoms with Crippen LogP contribution < -0.4 is 10.6 Å². The summed E-state index contributed by atoms with van der Waals surface area (Å²) in [5, 5.41) is 6.00. The fourth-order valence-corrected chi connectivity index (χ4v) is 3.91. The fraction of sp³-hybridized carbons (Fsp3) is 0.348. The van der Waals surface area contributed by atoms with Gasteiger partial charge in [0, 0.05) is 18.8 Å². The normalized spacial score (nSPS) is 14.2. The molecule has 29 heavy (non-hydrogen) atoms. The van der Waals surface area contributed by atoms with Gasteiger partial charge in [-0.1, -0.05) is 49.2 Å². The van der Waals surface area contributed by atoms with Gasteiger partial charge in [-0.15, -0.1) is 0 Å². The molecule has 0 atom stereocenters. The van der Waals surface area contributed by atoms with Crippen molar-refractivity contribution in [3.63, 3.8) is 0 Å². The molecule has 4 rings (SSSR count). The summed E-state index contributed by atoms with van der Waals surface area (Å²) in [4.78, 5) is 29.9. The van der Waals surface area contributed by atoms with E-state index < -0.39 is 0 Å². The molecule has 1 aromatic carbocycles. The number of nitrogens with zero attached hydrogens (tertiary/aromatic N) is 2. The summed E-state index contributed by atoms with van der Waals surface area (Å²) >= 11 is 0. The zero-order valence-electron chi connectivity index (χ0n) is 16.4. The molecule has 1 saturated carbocycles. The highest BCUT2D eigenvalue weighted by Gasteiger charge is 2.24. The van der Waals surface area contributed by atoms with Crippen molar-refractivity contribution in [2.75, 3.05) is 6.54 Å². The predicted molar refractivity (Wildman–Crippen MR) is 112 cm³/mol. The number of amides is 2. The van der Waals surface area contributed by atoms with Crippen molar-refractivity contribution in [3.8, 4) is 0 Å². The largest absolute Gasteiger partial charge is 0.351 e. The van der Waals surface area contributed by atoms with Gasteiger partial charge in [-0.3, -0.25) is 14.0 Å². The smallest absolute Gasteiger partial charge is 0.287 e. The molecule has 2 aromatic heterocycles. The minimum Gasteiger partial charge on any atom is -0.351 e. The van der Waals surface area contributed by atoms with Gasteiger partial charge in [0.25, 0.3) is 11.8 Å². The van der Waals surface area contributed by atoms with Gasteiger partial charge >= 0.3 is 0 Å². The number of hydrogen-bond acceptors (Lipinski definition) is 3. The second-order valence-electron chi connectivity index (χ2n) is 7.54. The van der Waals surface area contributed by atoms with Gasteiger partial charge in [0.1, 0.15) is 0 Å². The number of fused-ring (bicyclic) bond motifs is 1. The third-order valence-corrected chi connectivity index (χ3v) is 5.43. The lowest BCUT2D eigenvalue weighted by Gasteiger charge is -2.10. The minimum absolute atomic E-state index is 0.203. The highest BCUT2D eigenvalue weighted by Crippen LogP contribution is 2.19. The number of nitrogens with one attached hydrogen (secondary N) is 2. The number of rotatable bonds is 7. The molecule has 0 bridgehead atoms. The fourth-order valence-electron chi connectivity index (χ4n) is 3.91. The van der Waals surface area contributed by atoms with Crippen LogP contribution in [0.2, 0.25) is 0 Å². The number of hydrogen-bond donors (Lipinski definition) is 2. The first-order chi connectivity index (χ1) is 14.2. The number of carbonyl (C=O) groups is 2.